The van der Waals surface area contributed by atoms with Crippen LogP contribution in [0.3, 0.4) is 0 Å². The number of rotatable bonds is 3. The molecule has 0 bridgehead atoms. The van der Waals surface area contributed by atoms with Crippen molar-refractivity contribution in [2.45, 2.75) is 13.8 Å². The molecule has 0 aromatic heterocycles. The minimum absolute atomic E-state index is 0.104. The standard InChI is InChI=1S/C20H18N2O3S/c1-12-4-5-13(2)16(10-12)21-20-22(3)18(23)17(26-20)11-14-6-8-15(9-7-14)19(24)25/h4-11H,1-3H3,(H,24,25)/p-1/b17-11+,21-20?. The second-order valence-corrected chi connectivity index (χ2v) is 7.08. The maximum Gasteiger partial charge on any atom is 0.266 e. The summed E-state index contributed by atoms with van der Waals surface area (Å²) in [7, 11) is 1.69. The van der Waals surface area contributed by atoms with Gasteiger partial charge in [-0.05, 0) is 60.0 Å². The van der Waals surface area contributed by atoms with Gasteiger partial charge in [0.25, 0.3) is 5.91 Å². The zero-order chi connectivity index (χ0) is 18.8. The summed E-state index contributed by atoms with van der Waals surface area (Å²) >= 11 is 1.30. The zero-order valence-electron chi connectivity index (χ0n) is 14.6. The molecule has 26 heavy (non-hydrogen) atoms. The SMILES string of the molecule is Cc1ccc(C)c(N=C2S/C(=C/c3ccc(C(=O)[O-])cc3)C(=O)N2C)c1. The van der Waals surface area contributed by atoms with Gasteiger partial charge in [0.05, 0.1) is 16.6 Å². The van der Waals surface area contributed by atoms with Crippen LogP contribution >= 0.6 is 11.8 Å². The van der Waals surface area contributed by atoms with Crippen molar-refractivity contribution in [1.29, 1.82) is 0 Å². The molecule has 2 aromatic carbocycles. The van der Waals surface area contributed by atoms with Gasteiger partial charge in [0.1, 0.15) is 0 Å². The lowest BCUT2D eigenvalue weighted by Crippen LogP contribution is -2.23. The van der Waals surface area contributed by atoms with Crippen molar-refractivity contribution in [2.75, 3.05) is 7.05 Å². The van der Waals surface area contributed by atoms with Crippen molar-refractivity contribution in [2.24, 2.45) is 4.99 Å². The minimum atomic E-state index is -1.22. The number of aryl methyl sites for hydroxylation is 2. The van der Waals surface area contributed by atoms with Gasteiger partial charge in [0.15, 0.2) is 5.17 Å². The van der Waals surface area contributed by atoms with Crippen LogP contribution in [0, 0.1) is 13.8 Å². The van der Waals surface area contributed by atoms with E-state index in [0.717, 1.165) is 22.4 Å². The van der Waals surface area contributed by atoms with Gasteiger partial charge >= 0.3 is 0 Å². The van der Waals surface area contributed by atoms with Crippen molar-refractivity contribution < 1.29 is 14.7 Å². The van der Waals surface area contributed by atoms with Crippen molar-refractivity contribution >= 4 is 40.6 Å². The molecule has 3 rings (SSSR count). The van der Waals surface area contributed by atoms with Crippen LogP contribution in [0.2, 0.25) is 0 Å². The first-order valence-corrected chi connectivity index (χ1v) is 8.82. The second kappa shape index (κ2) is 7.17. The molecule has 2 aromatic rings. The lowest BCUT2D eigenvalue weighted by atomic mass is 10.1. The number of aliphatic imine (C=N–C) groups is 1. The van der Waals surface area contributed by atoms with E-state index in [1.54, 1.807) is 25.3 Å². The van der Waals surface area contributed by atoms with E-state index in [-0.39, 0.29) is 11.5 Å². The van der Waals surface area contributed by atoms with Crippen molar-refractivity contribution in [3.8, 4) is 0 Å². The second-order valence-electron chi connectivity index (χ2n) is 6.07. The van der Waals surface area contributed by atoms with E-state index in [2.05, 4.69) is 4.99 Å². The monoisotopic (exact) mass is 365 g/mol. The quantitative estimate of drug-likeness (QED) is 0.784. The summed E-state index contributed by atoms with van der Waals surface area (Å²) in [4.78, 5) is 30.0. The predicted octanol–water partition coefficient (Wildman–Crippen LogP) is 2.90. The van der Waals surface area contributed by atoms with Crippen LogP contribution < -0.4 is 5.11 Å². The van der Waals surface area contributed by atoms with E-state index >= 15 is 0 Å². The number of amides is 1. The third kappa shape index (κ3) is 3.70. The van der Waals surface area contributed by atoms with Crippen molar-refractivity contribution in [3.05, 3.63) is 69.6 Å². The molecule has 0 saturated carbocycles. The molecule has 1 amide bonds. The van der Waals surface area contributed by atoms with Crippen LogP contribution in [0.1, 0.15) is 27.0 Å². The van der Waals surface area contributed by atoms with Crippen LogP contribution in [-0.2, 0) is 4.79 Å². The molecule has 0 N–H and O–H groups in total. The van der Waals surface area contributed by atoms with E-state index < -0.39 is 5.97 Å². The first-order valence-electron chi connectivity index (χ1n) is 8.00. The summed E-state index contributed by atoms with van der Waals surface area (Å²) in [5.74, 6) is -1.36. The predicted molar refractivity (Wildman–Crippen MR) is 102 cm³/mol. The fourth-order valence-corrected chi connectivity index (χ4v) is 3.44. The summed E-state index contributed by atoms with van der Waals surface area (Å²) in [5.41, 5.74) is 3.83. The van der Waals surface area contributed by atoms with Gasteiger partial charge in [-0.15, -0.1) is 0 Å². The Morgan fingerprint density at radius 3 is 2.50 bits per heavy atom. The first kappa shape index (κ1) is 17.9. The van der Waals surface area contributed by atoms with Gasteiger partial charge in [0, 0.05) is 7.05 Å². The molecule has 1 aliphatic rings. The molecule has 0 spiro atoms. The summed E-state index contributed by atoms with van der Waals surface area (Å²) < 4.78 is 0. The number of carbonyl (C=O) groups is 2. The van der Waals surface area contributed by atoms with E-state index in [0.29, 0.717) is 10.1 Å². The molecule has 6 heteroatoms. The largest absolute Gasteiger partial charge is 0.545 e. The molecule has 1 aliphatic heterocycles. The molecule has 0 atom stereocenters. The average molecular weight is 365 g/mol. The average Bonchev–Trinajstić information content (AvgIpc) is 2.86. The van der Waals surface area contributed by atoms with Crippen LogP contribution in [-0.4, -0.2) is 29.0 Å². The van der Waals surface area contributed by atoms with Gasteiger partial charge in [-0.25, -0.2) is 4.99 Å². The van der Waals surface area contributed by atoms with Crippen LogP contribution in [0.15, 0.2) is 52.4 Å². The Labute approximate surface area is 156 Å². The van der Waals surface area contributed by atoms with Gasteiger partial charge < -0.3 is 9.90 Å². The number of hydrogen-bond acceptors (Lipinski definition) is 5. The van der Waals surface area contributed by atoms with Crippen LogP contribution in [0.4, 0.5) is 5.69 Å². The topological polar surface area (TPSA) is 72.8 Å². The van der Waals surface area contributed by atoms with Crippen molar-refractivity contribution in [1.82, 2.24) is 4.90 Å². The number of carboxylic acid groups (broad SMARTS) is 1. The summed E-state index contributed by atoms with van der Waals surface area (Å²) in [6, 6.07) is 12.2. The molecular weight excluding hydrogens is 348 g/mol. The zero-order valence-corrected chi connectivity index (χ0v) is 15.5. The lowest BCUT2D eigenvalue weighted by Gasteiger charge is -2.08. The third-order valence-corrected chi connectivity index (χ3v) is 5.09. The highest BCUT2D eigenvalue weighted by Crippen LogP contribution is 2.34. The maximum absolute atomic E-state index is 12.5. The summed E-state index contributed by atoms with van der Waals surface area (Å²) in [6.45, 7) is 3.98. The Morgan fingerprint density at radius 1 is 1.15 bits per heavy atom. The highest BCUT2D eigenvalue weighted by atomic mass is 32.2. The number of carboxylic acids is 1. The summed E-state index contributed by atoms with van der Waals surface area (Å²) in [6.07, 6.45) is 1.73. The molecule has 0 radical (unpaired) electrons. The highest BCUT2D eigenvalue weighted by Gasteiger charge is 2.30. The van der Waals surface area contributed by atoms with Gasteiger partial charge in [-0.2, -0.15) is 0 Å². The fraction of sp³-hybridized carbons (Fsp3) is 0.150. The Balaban J connectivity index is 1.89. The Hall–Kier alpha value is -2.86. The molecule has 132 valence electrons. The van der Waals surface area contributed by atoms with E-state index in [1.807, 2.05) is 32.0 Å². The molecular formula is C20H17N2O3S-. The Kier molecular flexibility index (Phi) is 4.95. The molecule has 5 nitrogen and oxygen atoms in total. The number of aromatic carboxylic acids is 1. The first-order chi connectivity index (χ1) is 12.3. The summed E-state index contributed by atoms with van der Waals surface area (Å²) in [5, 5.41) is 11.4. The number of benzene rings is 2. The molecule has 1 fully saturated rings. The van der Waals surface area contributed by atoms with Gasteiger partial charge in [0.2, 0.25) is 0 Å². The van der Waals surface area contributed by atoms with Gasteiger partial charge in [-0.1, -0.05) is 36.4 Å². The molecule has 0 unspecified atom stereocenters. The third-order valence-electron chi connectivity index (χ3n) is 4.03. The van der Waals surface area contributed by atoms with Gasteiger partial charge in [-0.3, -0.25) is 9.69 Å². The molecule has 0 aliphatic carbocycles. The number of hydrogen-bond donors (Lipinski definition) is 0. The minimum Gasteiger partial charge on any atom is -0.545 e. The fourth-order valence-electron chi connectivity index (χ4n) is 2.46. The normalized spacial score (nSPS) is 17.3. The molecule has 1 heterocycles. The van der Waals surface area contributed by atoms with E-state index in [4.69, 9.17) is 0 Å². The number of likely N-dealkylation sites (N-methyl/N-ethyl adjacent to an activating group) is 1. The highest BCUT2D eigenvalue weighted by molar-refractivity contribution is 8.18. The number of carbonyl (C=O) groups excluding carboxylic acids is 2. The Bertz CT molecular complexity index is 946. The molecule has 1 saturated heterocycles. The number of amidine groups is 1. The van der Waals surface area contributed by atoms with Crippen LogP contribution in [0.25, 0.3) is 6.08 Å². The van der Waals surface area contributed by atoms with E-state index in [1.165, 1.54) is 28.8 Å². The number of nitrogens with zero attached hydrogens (tertiary/aromatic N) is 2. The lowest BCUT2D eigenvalue weighted by molar-refractivity contribution is -0.255. The smallest absolute Gasteiger partial charge is 0.266 e. The van der Waals surface area contributed by atoms with Crippen LogP contribution in [0.5, 0.6) is 0 Å². The van der Waals surface area contributed by atoms with E-state index in [9.17, 15) is 14.7 Å². The van der Waals surface area contributed by atoms with Crippen molar-refractivity contribution in [3.63, 3.8) is 0 Å². The number of thioether (sulfide) groups is 1. The maximum atomic E-state index is 12.5. The Morgan fingerprint density at radius 2 is 1.85 bits per heavy atom.